The van der Waals surface area contributed by atoms with Gasteiger partial charge in [0.15, 0.2) is 0 Å². The van der Waals surface area contributed by atoms with Crippen LogP contribution in [0.25, 0.3) is 75.5 Å². The van der Waals surface area contributed by atoms with E-state index in [-0.39, 0.29) is 5.41 Å². The Morgan fingerprint density at radius 1 is 0.556 bits per heavy atom. The van der Waals surface area contributed by atoms with Crippen LogP contribution in [0.3, 0.4) is 0 Å². The van der Waals surface area contributed by atoms with E-state index in [1.54, 1.807) is 0 Å². The van der Waals surface area contributed by atoms with E-state index in [1.807, 2.05) is 23.7 Å². The zero-order chi connectivity index (χ0) is 30.3. The fourth-order valence-corrected chi connectivity index (χ4v) is 9.12. The molecule has 8 aromatic rings. The van der Waals surface area contributed by atoms with E-state index in [2.05, 4.69) is 147 Å². The van der Waals surface area contributed by atoms with Gasteiger partial charge in [-0.2, -0.15) is 0 Å². The molecule has 1 nitrogen and oxygen atoms in total. The van der Waals surface area contributed by atoms with Gasteiger partial charge < -0.3 is 0 Å². The molecular weight excluding hydrogens is 563 g/mol. The van der Waals surface area contributed by atoms with E-state index in [1.165, 1.54) is 92.1 Å². The van der Waals surface area contributed by atoms with Gasteiger partial charge in [0.05, 0.1) is 0 Å². The van der Waals surface area contributed by atoms with Crippen LogP contribution in [0.15, 0.2) is 134 Å². The van der Waals surface area contributed by atoms with Crippen molar-refractivity contribution in [2.24, 2.45) is 0 Å². The van der Waals surface area contributed by atoms with Crippen LogP contribution < -0.4 is 0 Å². The Bertz CT molecular complexity index is 2420. The van der Waals surface area contributed by atoms with Crippen LogP contribution in [-0.2, 0) is 5.41 Å². The Morgan fingerprint density at radius 2 is 1.20 bits per heavy atom. The van der Waals surface area contributed by atoms with Crippen LogP contribution >= 0.6 is 11.3 Å². The van der Waals surface area contributed by atoms with Crippen LogP contribution in [0.2, 0.25) is 0 Å². The van der Waals surface area contributed by atoms with Crippen molar-refractivity contribution in [1.29, 1.82) is 0 Å². The normalized spacial score (nSPS) is 13.4. The lowest BCUT2D eigenvalue weighted by atomic mass is 9.80. The van der Waals surface area contributed by atoms with Crippen LogP contribution in [0.4, 0.5) is 0 Å². The Balaban J connectivity index is 1.29. The van der Waals surface area contributed by atoms with Gasteiger partial charge in [-0.05, 0) is 108 Å². The molecule has 1 aliphatic rings. The predicted molar refractivity (Wildman–Crippen MR) is 193 cm³/mol. The molecule has 1 aliphatic carbocycles. The second-order valence-electron chi connectivity index (χ2n) is 12.8. The number of hydrogen-bond donors (Lipinski definition) is 0. The monoisotopic (exact) mass is 593 g/mol. The maximum atomic E-state index is 4.32. The van der Waals surface area contributed by atoms with Crippen molar-refractivity contribution < 1.29 is 0 Å². The molecule has 0 spiro atoms. The number of rotatable bonds is 3. The third kappa shape index (κ3) is 3.82. The van der Waals surface area contributed by atoms with Crippen molar-refractivity contribution in [3.63, 3.8) is 0 Å². The SMILES string of the molecule is Cc1cnccc1-c1cc2c(s1)-c1ccc(-c3c4ccccc4c(-c4cccc5ccccc45)c4ccccc34)cc1C2(C)C. The van der Waals surface area contributed by atoms with Crippen molar-refractivity contribution >= 4 is 43.7 Å². The molecule has 0 saturated carbocycles. The molecule has 0 atom stereocenters. The van der Waals surface area contributed by atoms with Gasteiger partial charge in [0.1, 0.15) is 0 Å². The van der Waals surface area contributed by atoms with Gasteiger partial charge in [0.25, 0.3) is 0 Å². The van der Waals surface area contributed by atoms with E-state index in [0.717, 1.165) is 0 Å². The van der Waals surface area contributed by atoms with Gasteiger partial charge in [0, 0.05) is 27.6 Å². The van der Waals surface area contributed by atoms with Crippen LogP contribution in [0, 0.1) is 6.92 Å². The first-order valence-electron chi connectivity index (χ1n) is 15.6. The van der Waals surface area contributed by atoms with Crippen LogP contribution in [-0.4, -0.2) is 4.98 Å². The largest absolute Gasteiger partial charge is 0.264 e. The van der Waals surface area contributed by atoms with E-state index in [9.17, 15) is 0 Å². The summed E-state index contributed by atoms with van der Waals surface area (Å²) in [5.74, 6) is 0. The van der Waals surface area contributed by atoms with E-state index in [0.29, 0.717) is 0 Å². The molecule has 0 amide bonds. The van der Waals surface area contributed by atoms with Crippen molar-refractivity contribution in [2.45, 2.75) is 26.2 Å². The molecule has 0 saturated heterocycles. The smallest absolute Gasteiger partial charge is 0.0393 e. The minimum absolute atomic E-state index is 0.0924. The predicted octanol–water partition coefficient (Wildman–Crippen LogP) is 12.2. The number of fused-ring (bicyclic) bond motifs is 6. The van der Waals surface area contributed by atoms with E-state index in [4.69, 9.17) is 0 Å². The van der Waals surface area contributed by atoms with Gasteiger partial charge in [-0.25, -0.2) is 0 Å². The number of hydrogen-bond acceptors (Lipinski definition) is 2. The molecule has 45 heavy (non-hydrogen) atoms. The molecule has 0 radical (unpaired) electrons. The summed E-state index contributed by atoms with van der Waals surface area (Å²) in [7, 11) is 0. The number of thiophene rings is 1. The first-order valence-corrected chi connectivity index (χ1v) is 16.4. The molecule has 2 heteroatoms. The molecule has 0 fully saturated rings. The highest BCUT2D eigenvalue weighted by molar-refractivity contribution is 7.19. The Kier molecular flexibility index (Phi) is 5.70. The minimum atomic E-state index is -0.0924. The van der Waals surface area contributed by atoms with Gasteiger partial charge in [-0.3, -0.25) is 4.98 Å². The van der Waals surface area contributed by atoms with Crippen molar-refractivity contribution in [3.05, 3.63) is 150 Å². The molecule has 0 aliphatic heterocycles. The first-order chi connectivity index (χ1) is 22.0. The average Bonchev–Trinajstić information content (AvgIpc) is 3.60. The fraction of sp³-hybridized carbons (Fsp3) is 0.0930. The molecule has 214 valence electrons. The number of aromatic nitrogens is 1. The topological polar surface area (TPSA) is 12.9 Å². The molecule has 2 aromatic heterocycles. The molecule has 9 rings (SSSR count). The standard InChI is InChI=1S/C43H31NS/c1-26-25-44-22-21-29(26)39-24-38-42(45-39)36-20-19-28(23-37(36)43(38,2)3)40-32-14-6-8-16-34(32)41(35-17-9-7-15-33(35)40)31-18-10-12-27-11-4-5-13-30(27)31/h4-25H,1-3H3. The molecular formula is C43H31NS. The van der Waals surface area contributed by atoms with Crippen molar-refractivity contribution in [3.8, 4) is 43.1 Å². The zero-order valence-corrected chi connectivity index (χ0v) is 26.4. The maximum absolute atomic E-state index is 4.32. The maximum Gasteiger partial charge on any atom is 0.0393 e. The summed E-state index contributed by atoms with van der Waals surface area (Å²) in [4.78, 5) is 7.04. The Hall–Kier alpha value is -5.05. The highest BCUT2D eigenvalue weighted by Crippen LogP contribution is 2.55. The van der Waals surface area contributed by atoms with Gasteiger partial charge in [-0.15, -0.1) is 11.3 Å². The Morgan fingerprint density at radius 3 is 1.91 bits per heavy atom. The lowest BCUT2D eigenvalue weighted by Gasteiger charge is -2.23. The van der Waals surface area contributed by atoms with Crippen LogP contribution in [0.5, 0.6) is 0 Å². The van der Waals surface area contributed by atoms with Crippen LogP contribution in [0.1, 0.15) is 30.5 Å². The number of pyridine rings is 1. The summed E-state index contributed by atoms with van der Waals surface area (Å²) in [6.45, 7) is 6.92. The van der Waals surface area contributed by atoms with Crippen molar-refractivity contribution in [1.82, 2.24) is 4.98 Å². The number of nitrogens with zero attached hydrogens (tertiary/aromatic N) is 1. The summed E-state index contributed by atoms with van der Waals surface area (Å²) in [5.41, 5.74) is 11.8. The highest BCUT2D eigenvalue weighted by atomic mass is 32.1. The molecule has 0 unspecified atom stereocenters. The molecule has 6 aromatic carbocycles. The molecule has 2 heterocycles. The summed E-state index contributed by atoms with van der Waals surface area (Å²) in [6.07, 6.45) is 3.87. The van der Waals surface area contributed by atoms with E-state index < -0.39 is 0 Å². The lowest BCUT2D eigenvalue weighted by Crippen LogP contribution is -2.14. The first kappa shape index (κ1) is 26.4. The molecule has 0 N–H and O–H groups in total. The second-order valence-corrected chi connectivity index (χ2v) is 13.8. The second kappa shape index (κ2) is 9.72. The summed E-state index contributed by atoms with van der Waals surface area (Å²) in [5, 5.41) is 7.72. The Labute approximate surface area is 267 Å². The summed E-state index contributed by atoms with van der Waals surface area (Å²) in [6, 6.07) is 45.2. The fourth-order valence-electron chi connectivity index (χ4n) is 7.67. The van der Waals surface area contributed by atoms with Crippen molar-refractivity contribution in [2.75, 3.05) is 0 Å². The van der Waals surface area contributed by atoms with E-state index >= 15 is 0 Å². The van der Waals surface area contributed by atoms with Gasteiger partial charge in [-0.1, -0.05) is 117 Å². The summed E-state index contributed by atoms with van der Waals surface area (Å²) >= 11 is 1.91. The number of benzene rings is 6. The zero-order valence-electron chi connectivity index (χ0n) is 25.6. The average molecular weight is 594 g/mol. The third-order valence-corrected chi connectivity index (χ3v) is 11.1. The quantitative estimate of drug-likeness (QED) is 0.186. The highest BCUT2D eigenvalue weighted by Gasteiger charge is 2.38. The molecule has 0 bridgehead atoms. The van der Waals surface area contributed by atoms with Gasteiger partial charge in [0.2, 0.25) is 0 Å². The third-order valence-electron chi connectivity index (χ3n) is 9.91. The summed E-state index contributed by atoms with van der Waals surface area (Å²) < 4.78 is 0. The lowest BCUT2D eigenvalue weighted by molar-refractivity contribution is 0.662. The minimum Gasteiger partial charge on any atom is -0.264 e. The number of aryl methyl sites for hydroxylation is 1. The van der Waals surface area contributed by atoms with Gasteiger partial charge >= 0.3 is 0 Å².